The number of esters is 1. The molecule has 23 heavy (non-hydrogen) atoms. The molecule has 0 aliphatic heterocycles. The highest BCUT2D eigenvalue weighted by atomic mass is 35.5. The Morgan fingerprint density at radius 2 is 2.00 bits per heavy atom. The summed E-state index contributed by atoms with van der Waals surface area (Å²) in [4.78, 5) is 28.2. The second-order valence-electron chi connectivity index (χ2n) is 4.49. The number of halogens is 2. The molecule has 0 fully saturated rings. The number of rotatable bonds is 4. The largest absolute Gasteiger partial charge is 0.469 e. The van der Waals surface area contributed by atoms with Crippen LogP contribution >= 0.6 is 34.5 Å². The van der Waals surface area contributed by atoms with E-state index in [2.05, 4.69) is 20.4 Å². The van der Waals surface area contributed by atoms with E-state index in [9.17, 15) is 9.59 Å². The summed E-state index contributed by atoms with van der Waals surface area (Å²) in [5, 5.41) is 6.36. The van der Waals surface area contributed by atoms with Crippen LogP contribution in [0.1, 0.15) is 10.6 Å². The van der Waals surface area contributed by atoms with Gasteiger partial charge in [-0.3, -0.25) is 10.1 Å². The van der Waals surface area contributed by atoms with Crippen molar-refractivity contribution in [1.29, 1.82) is 0 Å². The summed E-state index contributed by atoms with van der Waals surface area (Å²) in [6.45, 7) is 1.76. The van der Waals surface area contributed by atoms with Crippen molar-refractivity contribution in [2.75, 3.05) is 17.7 Å². The summed E-state index contributed by atoms with van der Waals surface area (Å²) in [5.74, 6) is -0.358. The predicted molar refractivity (Wildman–Crippen MR) is 91.7 cm³/mol. The molecule has 0 spiro atoms. The Balaban J connectivity index is 2.01. The lowest BCUT2D eigenvalue weighted by atomic mass is 10.3. The summed E-state index contributed by atoms with van der Waals surface area (Å²) in [7, 11) is 1.32. The molecule has 9 heteroatoms. The number of hydrogen-bond donors (Lipinski definition) is 2. The Labute approximate surface area is 146 Å². The van der Waals surface area contributed by atoms with E-state index in [-0.39, 0.29) is 12.4 Å². The van der Waals surface area contributed by atoms with Crippen LogP contribution in [0, 0.1) is 6.92 Å². The van der Waals surface area contributed by atoms with Gasteiger partial charge in [0.2, 0.25) is 0 Å². The van der Waals surface area contributed by atoms with Gasteiger partial charge in [0.25, 0.3) is 0 Å². The maximum absolute atomic E-state index is 12.0. The van der Waals surface area contributed by atoms with Crippen molar-refractivity contribution >= 4 is 57.4 Å². The summed E-state index contributed by atoms with van der Waals surface area (Å²) in [5.41, 5.74) is 1.17. The van der Waals surface area contributed by atoms with E-state index in [1.807, 2.05) is 0 Å². The first-order chi connectivity index (χ1) is 10.9. The van der Waals surface area contributed by atoms with Crippen molar-refractivity contribution in [2.24, 2.45) is 0 Å². The predicted octanol–water partition coefficient (Wildman–Crippen LogP) is 4.12. The molecule has 2 N–H and O–H groups in total. The van der Waals surface area contributed by atoms with E-state index >= 15 is 0 Å². The fourth-order valence-corrected chi connectivity index (χ4v) is 2.92. The van der Waals surface area contributed by atoms with Crippen LogP contribution in [0.3, 0.4) is 0 Å². The molecule has 0 saturated heterocycles. The van der Waals surface area contributed by atoms with Crippen LogP contribution in [0.4, 0.5) is 15.6 Å². The number of amides is 2. The van der Waals surface area contributed by atoms with Gasteiger partial charge in [0.1, 0.15) is 0 Å². The number of thiazole rings is 1. The van der Waals surface area contributed by atoms with E-state index in [0.717, 1.165) is 4.88 Å². The zero-order valence-electron chi connectivity index (χ0n) is 12.3. The zero-order chi connectivity index (χ0) is 17.0. The second kappa shape index (κ2) is 7.63. The number of carbonyl (C=O) groups excluding carboxylic acids is 2. The molecule has 1 heterocycles. The fourth-order valence-electron chi connectivity index (χ4n) is 1.68. The summed E-state index contributed by atoms with van der Waals surface area (Å²) in [6, 6.07) is 4.28. The average Bonchev–Trinajstić information content (AvgIpc) is 2.82. The van der Waals surface area contributed by atoms with Crippen LogP contribution in [0.2, 0.25) is 10.0 Å². The summed E-state index contributed by atoms with van der Waals surface area (Å²) in [6.07, 6.45) is 0.121. The van der Waals surface area contributed by atoms with E-state index < -0.39 is 6.03 Å². The Hall–Kier alpha value is -1.83. The average molecular weight is 374 g/mol. The molecule has 0 bridgehead atoms. The molecule has 0 unspecified atom stereocenters. The van der Waals surface area contributed by atoms with Crippen LogP contribution in [-0.4, -0.2) is 24.1 Å². The second-order valence-corrected chi connectivity index (χ2v) is 6.39. The van der Waals surface area contributed by atoms with Gasteiger partial charge in [0.15, 0.2) is 5.13 Å². The van der Waals surface area contributed by atoms with Crippen molar-refractivity contribution in [3.05, 3.63) is 38.8 Å². The highest BCUT2D eigenvalue weighted by molar-refractivity contribution is 7.16. The Kier molecular flexibility index (Phi) is 5.81. The molecule has 1 aromatic carbocycles. The summed E-state index contributed by atoms with van der Waals surface area (Å²) >= 11 is 12.9. The van der Waals surface area contributed by atoms with Gasteiger partial charge in [-0.25, -0.2) is 9.78 Å². The lowest BCUT2D eigenvalue weighted by Crippen LogP contribution is -2.19. The maximum Gasteiger partial charge on any atom is 0.325 e. The van der Waals surface area contributed by atoms with Crippen molar-refractivity contribution in [2.45, 2.75) is 13.3 Å². The molecule has 6 nitrogen and oxygen atoms in total. The first kappa shape index (κ1) is 17.5. The first-order valence-corrected chi connectivity index (χ1v) is 8.02. The van der Waals surface area contributed by atoms with Crippen LogP contribution in [0.15, 0.2) is 18.2 Å². The molecular formula is C14H13Cl2N3O3S. The Bertz CT molecular complexity index is 749. The molecule has 2 rings (SSSR count). The van der Waals surface area contributed by atoms with Crippen LogP contribution in [0.5, 0.6) is 0 Å². The third-order valence-corrected chi connectivity index (χ3v) is 4.64. The first-order valence-electron chi connectivity index (χ1n) is 6.45. The minimum absolute atomic E-state index is 0.121. The van der Waals surface area contributed by atoms with Crippen molar-refractivity contribution in [3.8, 4) is 0 Å². The number of methoxy groups -OCH3 is 1. The van der Waals surface area contributed by atoms with E-state index in [4.69, 9.17) is 23.2 Å². The zero-order valence-corrected chi connectivity index (χ0v) is 14.6. The molecule has 1 aromatic heterocycles. The number of hydrogen-bond acceptors (Lipinski definition) is 5. The topological polar surface area (TPSA) is 80.3 Å². The lowest BCUT2D eigenvalue weighted by Gasteiger charge is -2.06. The normalized spacial score (nSPS) is 10.3. The number of carbonyl (C=O) groups is 2. The van der Waals surface area contributed by atoms with Crippen LogP contribution in [-0.2, 0) is 16.0 Å². The van der Waals surface area contributed by atoms with Gasteiger partial charge in [-0.2, -0.15) is 0 Å². The van der Waals surface area contributed by atoms with Crippen LogP contribution < -0.4 is 10.6 Å². The number of anilines is 2. The van der Waals surface area contributed by atoms with Gasteiger partial charge >= 0.3 is 12.0 Å². The van der Waals surface area contributed by atoms with E-state index in [1.54, 1.807) is 25.1 Å². The van der Waals surface area contributed by atoms with Gasteiger partial charge in [-0.1, -0.05) is 23.2 Å². The van der Waals surface area contributed by atoms with E-state index in [1.165, 1.54) is 18.4 Å². The molecule has 0 saturated carbocycles. The SMILES string of the molecule is COC(=O)Cc1sc(NC(=O)Nc2ccc(Cl)c(Cl)c2)nc1C. The lowest BCUT2D eigenvalue weighted by molar-refractivity contribution is -0.139. The molecule has 2 amide bonds. The monoisotopic (exact) mass is 373 g/mol. The number of benzene rings is 1. The third kappa shape index (κ3) is 4.82. The van der Waals surface area contributed by atoms with E-state index in [0.29, 0.717) is 26.6 Å². The molecule has 0 aliphatic rings. The third-order valence-electron chi connectivity index (χ3n) is 2.82. The molecule has 0 aliphatic carbocycles. The quantitative estimate of drug-likeness (QED) is 0.789. The minimum atomic E-state index is -0.471. The molecule has 122 valence electrons. The standard InChI is InChI=1S/C14H13Cl2N3O3S/c1-7-11(6-12(20)22-2)23-14(17-7)19-13(21)18-8-3-4-9(15)10(16)5-8/h3-5H,6H2,1-2H3,(H2,17,18,19,21). The Morgan fingerprint density at radius 3 is 2.65 bits per heavy atom. The minimum Gasteiger partial charge on any atom is -0.469 e. The molecule has 0 radical (unpaired) electrons. The highest BCUT2D eigenvalue weighted by Gasteiger charge is 2.14. The number of nitrogens with zero attached hydrogens (tertiary/aromatic N) is 1. The van der Waals surface area contributed by atoms with Gasteiger partial charge in [-0.05, 0) is 25.1 Å². The number of nitrogens with one attached hydrogen (secondary N) is 2. The fraction of sp³-hybridized carbons (Fsp3) is 0.214. The van der Waals surface area contributed by atoms with Gasteiger partial charge in [-0.15, -0.1) is 11.3 Å². The molecule has 2 aromatic rings. The van der Waals surface area contributed by atoms with Crippen LogP contribution in [0.25, 0.3) is 0 Å². The number of aryl methyl sites for hydroxylation is 1. The molecular weight excluding hydrogens is 361 g/mol. The number of aromatic nitrogens is 1. The van der Waals surface area contributed by atoms with Crippen molar-refractivity contribution in [3.63, 3.8) is 0 Å². The number of ether oxygens (including phenoxy) is 1. The highest BCUT2D eigenvalue weighted by Crippen LogP contribution is 2.26. The smallest absolute Gasteiger partial charge is 0.325 e. The summed E-state index contributed by atoms with van der Waals surface area (Å²) < 4.78 is 4.62. The van der Waals surface area contributed by atoms with Crippen molar-refractivity contribution in [1.82, 2.24) is 4.98 Å². The molecule has 0 atom stereocenters. The van der Waals surface area contributed by atoms with Crippen molar-refractivity contribution < 1.29 is 14.3 Å². The van der Waals surface area contributed by atoms with Gasteiger partial charge in [0.05, 0.1) is 29.3 Å². The maximum atomic E-state index is 12.0. The van der Waals surface area contributed by atoms with Gasteiger partial charge < -0.3 is 10.1 Å². The number of urea groups is 1. The Morgan fingerprint density at radius 1 is 1.26 bits per heavy atom. The van der Waals surface area contributed by atoms with Gasteiger partial charge in [0, 0.05) is 10.6 Å².